The Morgan fingerprint density at radius 3 is 2.79 bits per heavy atom. The molecule has 1 aromatic heterocycles. The Morgan fingerprint density at radius 2 is 2.21 bits per heavy atom. The Labute approximate surface area is 115 Å². The highest BCUT2D eigenvalue weighted by Gasteiger charge is 2.42. The predicted octanol–water partition coefficient (Wildman–Crippen LogP) is 1.79. The molecule has 4 nitrogen and oxygen atoms in total. The summed E-state index contributed by atoms with van der Waals surface area (Å²) in [5, 5.41) is 0. The van der Waals surface area contributed by atoms with Gasteiger partial charge in [-0.05, 0) is 25.0 Å². The van der Waals surface area contributed by atoms with Crippen LogP contribution in [0.1, 0.15) is 25.0 Å². The van der Waals surface area contributed by atoms with Gasteiger partial charge < -0.3 is 14.0 Å². The van der Waals surface area contributed by atoms with Gasteiger partial charge in [0.05, 0.1) is 18.3 Å². The van der Waals surface area contributed by atoms with E-state index < -0.39 is 0 Å². The fourth-order valence-corrected chi connectivity index (χ4v) is 3.31. The van der Waals surface area contributed by atoms with Crippen LogP contribution < -0.4 is 0 Å². The maximum absolute atomic E-state index is 6.04. The molecule has 2 aliphatic rings. The third-order valence-electron chi connectivity index (χ3n) is 4.71. The minimum absolute atomic E-state index is 0.103. The number of likely N-dealkylation sites (tertiary alicyclic amines) is 1. The molecule has 0 saturated carbocycles. The summed E-state index contributed by atoms with van der Waals surface area (Å²) in [6.07, 6.45) is 5.76. The van der Waals surface area contributed by atoms with Crippen molar-refractivity contribution < 1.29 is 9.47 Å². The zero-order valence-electron chi connectivity index (χ0n) is 12.0. The van der Waals surface area contributed by atoms with Gasteiger partial charge in [-0.1, -0.05) is 0 Å². The molecule has 1 atom stereocenters. The van der Waals surface area contributed by atoms with E-state index in [-0.39, 0.29) is 5.60 Å². The molecule has 2 saturated heterocycles. The molecule has 106 valence electrons. The van der Waals surface area contributed by atoms with E-state index in [9.17, 15) is 0 Å². The molecule has 2 aliphatic heterocycles. The van der Waals surface area contributed by atoms with E-state index >= 15 is 0 Å². The SMILES string of the molecule is COC1COC2(CCN(Cc3cccn3C)CC2)C1. The van der Waals surface area contributed by atoms with Gasteiger partial charge in [0.2, 0.25) is 0 Å². The number of methoxy groups -OCH3 is 1. The van der Waals surface area contributed by atoms with Gasteiger partial charge in [-0.3, -0.25) is 4.90 Å². The van der Waals surface area contributed by atoms with Crippen LogP contribution in [0.5, 0.6) is 0 Å². The second kappa shape index (κ2) is 5.27. The summed E-state index contributed by atoms with van der Waals surface area (Å²) in [4.78, 5) is 2.53. The van der Waals surface area contributed by atoms with E-state index in [0.29, 0.717) is 6.10 Å². The number of aryl methyl sites for hydroxylation is 1. The standard InChI is InChI=1S/C15H24N2O2/c1-16-7-3-4-13(16)11-17-8-5-15(6-9-17)10-14(18-2)12-19-15/h3-4,7,14H,5-6,8-12H2,1-2H3. The molecule has 2 fully saturated rings. The van der Waals surface area contributed by atoms with Gasteiger partial charge in [0.15, 0.2) is 0 Å². The summed E-state index contributed by atoms with van der Waals surface area (Å²) >= 11 is 0. The van der Waals surface area contributed by atoms with Crippen molar-refractivity contribution in [3.8, 4) is 0 Å². The average molecular weight is 264 g/mol. The van der Waals surface area contributed by atoms with Crippen LogP contribution >= 0.6 is 0 Å². The Balaban J connectivity index is 1.54. The molecular formula is C15H24N2O2. The van der Waals surface area contributed by atoms with Crippen LogP contribution in [0.4, 0.5) is 0 Å². The second-order valence-corrected chi connectivity index (χ2v) is 5.94. The Morgan fingerprint density at radius 1 is 1.42 bits per heavy atom. The highest BCUT2D eigenvalue weighted by Crippen LogP contribution is 2.37. The summed E-state index contributed by atoms with van der Waals surface area (Å²) in [5.41, 5.74) is 1.49. The summed E-state index contributed by atoms with van der Waals surface area (Å²) in [7, 11) is 3.90. The van der Waals surface area contributed by atoms with Crippen LogP contribution in [0.2, 0.25) is 0 Å². The lowest BCUT2D eigenvalue weighted by molar-refractivity contribution is -0.0462. The van der Waals surface area contributed by atoms with Gasteiger partial charge >= 0.3 is 0 Å². The van der Waals surface area contributed by atoms with Gasteiger partial charge in [-0.25, -0.2) is 0 Å². The molecule has 3 heterocycles. The van der Waals surface area contributed by atoms with E-state index in [1.54, 1.807) is 7.11 Å². The minimum atomic E-state index is 0.103. The summed E-state index contributed by atoms with van der Waals surface area (Å²) in [6, 6.07) is 4.32. The number of ether oxygens (including phenoxy) is 2. The molecule has 0 amide bonds. The number of piperidine rings is 1. The summed E-state index contributed by atoms with van der Waals surface area (Å²) in [6.45, 7) is 4.07. The van der Waals surface area contributed by atoms with Crippen molar-refractivity contribution in [2.24, 2.45) is 7.05 Å². The molecular weight excluding hydrogens is 240 g/mol. The van der Waals surface area contributed by atoms with Gasteiger partial charge in [0.25, 0.3) is 0 Å². The Kier molecular flexibility index (Phi) is 3.65. The van der Waals surface area contributed by atoms with Crippen molar-refractivity contribution in [3.05, 3.63) is 24.0 Å². The fourth-order valence-electron chi connectivity index (χ4n) is 3.31. The molecule has 0 aliphatic carbocycles. The van der Waals surface area contributed by atoms with Crippen molar-refractivity contribution in [1.29, 1.82) is 0 Å². The Bertz CT molecular complexity index is 422. The second-order valence-electron chi connectivity index (χ2n) is 5.94. The maximum atomic E-state index is 6.04. The maximum Gasteiger partial charge on any atom is 0.0832 e. The number of aromatic nitrogens is 1. The molecule has 0 radical (unpaired) electrons. The van der Waals surface area contributed by atoms with Gasteiger partial charge in [0, 0.05) is 52.1 Å². The predicted molar refractivity (Wildman–Crippen MR) is 74.0 cm³/mol. The first kappa shape index (κ1) is 13.2. The van der Waals surface area contributed by atoms with E-state index in [1.165, 1.54) is 5.69 Å². The van der Waals surface area contributed by atoms with E-state index in [0.717, 1.165) is 45.5 Å². The average Bonchev–Trinajstić information content (AvgIpc) is 3.01. The zero-order chi connectivity index (χ0) is 13.3. The lowest BCUT2D eigenvalue weighted by Crippen LogP contribution is -2.44. The molecule has 3 rings (SSSR count). The monoisotopic (exact) mass is 264 g/mol. The highest BCUT2D eigenvalue weighted by molar-refractivity contribution is 5.07. The van der Waals surface area contributed by atoms with Crippen molar-refractivity contribution in [3.63, 3.8) is 0 Å². The normalized spacial score (nSPS) is 27.2. The first-order valence-corrected chi connectivity index (χ1v) is 7.20. The number of hydrogen-bond donors (Lipinski definition) is 0. The summed E-state index contributed by atoms with van der Waals surface area (Å²) < 4.78 is 13.7. The van der Waals surface area contributed by atoms with Crippen LogP contribution in [0.3, 0.4) is 0 Å². The third-order valence-corrected chi connectivity index (χ3v) is 4.71. The minimum Gasteiger partial charge on any atom is -0.379 e. The zero-order valence-corrected chi connectivity index (χ0v) is 12.0. The molecule has 0 N–H and O–H groups in total. The van der Waals surface area contributed by atoms with Gasteiger partial charge in [-0.2, -0.15) is 0 Å². The van der Waals surface area contributed by atoms with E-state index in [2.05, 4.69) is 34.8 Å². The third kappa shape index (κ3) is 2.71. The number of rotatable bonds is 3. The van der Waals surface area contributed by atoms with Crippen molar-refractivity contribution in [2.45, 2.75) is 37.5 Å². The number of hydrogen-bond acceptors (Lipinski definition) is 3. The smallest absolute Gasteiger partial charge is 0.0832 e. The fraction of sp³-hybridized carbons (Fsp3) is 0.733. The van der Waals surface area contributed by atoms with E-state index in [4.69, 9.17) is 9.47 Å². The van der Waals surface area contributed by atoms with Crippen LogP contribution in [-0.4, -0.2) is 48.0 Å². The molecule has 4 heteroatoms. The highest BCUT2D eigenvalue weighted by atomic mass is 16.6. The molecule has 1 unspecified atom stereocenters. The van der Waals surface area contributed by atoms with Gasteiger partial charge in [0.1, 0.15) is 0 Å². The Hall–Kier alpha value is -0.840. The molecule has 1 spiro atoms. The van der Waals surface area contributed by atoms with Crippen LogP contribution in [0.25, 0.3) is 0 Å². The number of nitrogens with zero attached hydrogens (tertiary/aromatic N) is 2. The van der Waals surface area contributed by atoms with Gasteiger partial charge in [-0.15, -0.1) is 0 Å². The van der Waals surface area contributed by atoms with Crippen molar-refractivity contribution >= 4 is 0 Å². The van der Waals surface area contributed by atoms with Crippen molar-refractivity contribution in [1.82, 2.24) is 9.47 Å². The first-order chi connectivity index (χ1) is 9.21. The lowest BCUT2D eigenvalue weighted by Gasteiger charge is -2.38. The van der Waals surface area contributed by atoms with E-state index in [1.807, 2.05) is 0 Å². The lowest BCUT2D eigenvalue weighted by atomic mass is 9.88. The van der Waals surface area contributed by atoms with Crippen LogP contribution in [0, 0.1) is 0 Å². The summed E-state index contributed by atoms with van der Waals surface area (Å²) in [5.74, 6) is 0. The quantitative estimate of drug-likeness (QED) is 0.833. The topological polar surface area (TPSA) is 26.6 Å². The van der Waals surface area contributed by atoms with Crippen LogP contribution in [-0.2, 0) is 23.1 Å². The first-order valence-electron chi connectivity index (χ1n) is 7.20. The van der Waals surface area contributed by atoms with Crippen LogP contribution in [0.15, 0.2) is 18.3 Å². The largest absolute Gasteiger partial charge is 0.379 e. The molecule has 19 heavy (non-hydrogen) atoms. The van der Waals surface area contributed by atoms with Crippen molar-refractivity contribution in [2.75, 3.05) is 26.8 Å². The molecule has 1 aromatic rings. The molecule has 0 aromatic carbocycles. The molecule has 0 bridgehead atoms.